The fourth-order valence-corrected chi connectivity index (χ4v) is 6.98. The minimum atomic E-state index is -4.66. The highest BCUT2D eigenvalue weighted by Gasteiger charge is 2.27. The Bertz CT molecular complexity index is 1650. The highest BCUT2D eigenvalue weighted by Crippen LogP contribution is 2.43. The molecule has 0 aliphatic rings. The third-order valence-corrected chi connectivity index (χ3v) is 11.1. The Hall–Kier alpha value is -4.15. The predicted octanol–water partition coefficient (Wildman–Crippen LogP) is 15.5. The van der Waals surface area contributed by atoms with Crippen molar-refractivity contribution in [2.45, 2.75) is 180 Å². The van der Waals surface area contributed by atoms with Gasteiger partial charge in [0.1, 0.15) is 12.1 Å². The standard InChI is InChI=1S/C58H92NO9P/c1-3-5-7-9-11-13-15-17-19-21-23-25-27-29-31-33-35-37-39-41-43-45-47-49-51-65-52-55(53-66-69(63,64)67-54-56(59)58(61)62)68-57(60)50-48-46-44-42-40-38-36-34-32-30-28-26-24-22-20-18-16-14-12-10-8-6-4-2/h5-8,11-14,17-20,23-26,29-32,36,38,42,44,55-56H,3-4,9-10,15-16,21-22,27-28,33-35,37,39-41,43,45-54,59H2,1-2H3,(H,61,62)(H,63,64)/b7-5-,8-6-,13-11-,14-12-,19-17-,20-18-,25-23-,26-24-,31-29-,32-30-,38-36-,44-42-. The van der Waals surface area contributed by atoms with Gasteiger partial charge in [-0.25, -0.2) is 4.57 Å². The van der Waals surface area contributed by atoms with Crippen LogP contribution in [0.25, 0.3) is 0 Å². The summed E-state index contributed by atoms with van der Waals surface area (Å²) in [6.45, 7) is 3.54. The molecule has 69 heavy (non-hydrogen) atoms. The lowest BCUT2D eigenvalue weighted by Gasteiger charge is -2.20. The van der Waals surface area contributed by atoms with Crippen molar-refractivity contribution in [3.63, 3.8) is 0 Å². The van der Waals surface area contributed by atoms with Crippen LogP contribution in [0.3, 0.4) is 0 Å². The second-order valence-electron chi connectivity index (χ2n) is 16.5. The van der Waals surface area contributed by atoms with Crippen molar-refractivity contribution < 1.29 is 42.7 Å². The lowest BCUT2D eigenvalue weighted by atomic mass is 10.1. The third-order valence-electron chi connectivity index (χ3n) is 10.1. The number of unbranched alkanes of at least 4 members (excludes halogenated alkanes) is 9. The van der Waals surface area contributed by atoms with Gasteiger partial charge in [0.05, 0.1) is 19.8 Å². The van der Waals surface area contributed by atoms with Crippen LogP contribution >= 0.6 is 7.82 Å². The molecule has 0 aromatic carbocycles. The zero-order valence-corrected chi connectivity index (χ0v) is 43.5. The van der Waals surface area contributed by atoms with E-state index in [1.165, 1.54) is 32.1 Å². The molecule has 0 heterocycles. The number of carboxylic acid groups (broad SMARTS) is 1. The number of phosphoric ester groups is 1. The first kappa shape index (κ1) is 64.8. The van der Waals surface area contributed by atoms with E-state index in [2.05, 4.69) is 154 Å². The monoisotopic (exact) mass is 978 g/mol. The average molecular weight is 978 g/mol. The van der Waals surface area contributed by atoms with Crippen molar-refractivity contribution in [1.82, 2.24) is 0 Å². The summed E-state index contributed by atoms with van der Waals surface area (Å²) in [5, 5.41) is 8.94. The topological polar surface area (TPSA) is 155 Å². The number of aliphatic carboxylic acids is 1. The molecule has 11 heteroatoms. The summed E-state index contributed by atoms with van der Waals surface area (Å²) in [5.74, 6) is -1.86. The summed E-state index contributed by atoms with van der Waals surface area (Å²) in [6.07, 6.45) is 74.8. The molecule has 0 bridgehead atoms. The molecule has 0 amide bonds. The van der Waals surface area contributed by atoms with Gasteiger partial charge >= 0.3 is 19.8 Å². The van der Waals surface area contributed by atoms with E-state index in [1.54, 1.807) is 0 Å². The van der Waals surface area contributed by atoms with E-state index in [4.69, 9.17) is 29.4 Å². The molecule has 0 saturated carbocycles. The van der Waals surface area contributed by atoms with Crippen molar-refractivity contribution in [1.29, 1.82) is 0 Å². The van der Waals surface area contributed by atoms with Gasteiger partial charge in [-0.3, -0.25) is 18.6 Å². The van der Waals surface area contributed by atoms with Crippen LogP contribution in [0.1, 0.15) is 168 Å². The van der Waals surface area contributed by atoms with E-state index >= 15 is 0 Å². The fraction of sp³-hybridized carbons (Fsp3) is 0.552. The van der Waals surface area contributed by atoms with E-state index in [0.717, 1.165) is 103 Å². The van der Waals surface area contributed by atoms with Gasteiger partial charge in [0, 0.05) is 13.0 Å². The number of carboxylic acids is 1. The molecule has 388 valence electrons. The molecule has 0 aliphatic heterocycles. The van der Waals surface area contributed by atoms with Crippen LogP contribution in [0.4, 0.5) is 0 Å². The highest BCUT2D eigenvalue weighted by molar-refractivity contribution is 7.47. The van der Waals surface area contributed by atoms with Crippen LogP contribution in [-0.2, 0) is 32.7 Å². The van der Waals surface area contributed by atoms with E-state index in [9.17, 15) is 19.0 Å². The summed E-state index contributed by atoms with van der Waals surface area (Å²) in [4.78, 5) is 33.7. The van der Waals surface area contributed by atoms with Crippen molar-refractivity contribution >= 4 is 19.8 Å². The lowest BCUT2D eigenvalue weighted by molar-refractivity contribution is -0.154. The number of allylic oxidation sites excluding steroid dienone is 24. The van der Waals surface area contributed by atoms with Gasteiger partial charge < -0.3 is 25.2 Å². The molecule has 3 atom stereocenters. The van der Waals surface area contributed by atoms with Gasteiger partial charge in [0.15, 0.2) is 0 Å². The van der Waals surface area contributed by atoms with Gasteiger partial charge in [-0.2, -0.15) is 0 Å². The summed E-state index contributed by atoms with van der Waals surface area (Å²) in [5.41, 5.74) is 5.37. The Balaban J connectivity index is 4.31. The van der Waals surface area contributed by atoms with Gasteiger partial charge in [0.2, 0.25) is 0 Å². The predicted molar refractivity (Wildman–Crippen MR) is 290 cm³/mol. The SMILES string of the molecule is CC/C=C\C/C=C\C/C=C\C/C=C\C/C=C\C/C=C\C/C=C\CCCC(=O)OC(COCCCCCCCCCC/C=C\C/C=C\C/C=C\C/C=C\C/C=C\CC)COP(=O)(O)OCC(N)C(=O)O. The lowest BCUT2D eigenvalue weighted by Crippen LogP contribution is -2.34. The number of rotatable bonds is 47. The van der Waals surface area contributed by atoms with Crippen molar-refractivity contribution in [3.8, 4) is 0 Å². The fourth-order valence-electron chi connectivity index (χ4n) is 6.21. The molecule has 0 saturated heterocycles. The summed E-state index contributed by atoms with van der Waals surface area (Å²) < 4.78 is 33.4. The molecule has 3 unspecified atom stereocenters. The van der Waals surface area contributed by atoms with Crippen molar-refractivity contribution in [3.05, 3.63) is 146 Å². The number of hydrogen-bond acceptors (Lipinski definition) is 8. The van der Waals surface area contributed by atoms with Gasteiger partial charge in [-0.15, -0.1) is 0 Å². The van der Waals surface area contributed by atoms with Gasteiger partial charge in [-0.1, -0.05) is 198 Å². The zero-order valence-electron chi connectivity index (χ0n) is 42.6. The molecule has 4 N–H and O–H groups in total. The Morgan fingerprint density at radius 2 is 0.797 bits per heavy atom. The summed E-state index contributed by atoms with van der Waals surface area (Å²) >= 11 is 0. The van der Waals surface area contributed by atoms with Crippen molar-refractivity contribution in [2.75, 3.05) is 26.4 Å². The maximum atomic E-state index is 12.7. The molecule has 10 nitrogen and oxygen atoms in total. The molecule has 0 spiro atoms. The Labute approximate surface area is 419 Å². The normalized spacial score (nSPS) is 14.8. The number of esters is 1. The number of carbonyl (C=O) groups excluding carboxylic acids is 1. The first-order valence-electron chi connectivity index (χ1n) is 25.9. The average Bonchev–Trinajstić information content (AvgIpc) is 3.33. The molecular formula is C58H92NO9P. The van der Waals surface area contributed by atoms with Crippen molar-refractivity contribution in [2.24, 2.45) is 5.73 Å². The minimum Gasteiger partial charge on any atom is -0.480 e. The highest BCUT2D eigenvalue weighted by atomic mass is 31.2. The largest absolute Gasteiger partial charge is 0.480 e. The Morgan fingerprint density at radius 1 is 0.464 bits per heavy atom. The first-order valence-corrected chi connectivity index (χ1v) is 27.4. The van der Waals surface area contributed by atoms with Gasteiger partial charge in [-0.05, 0) is 109 Å². The first-order chi connectivity index (χ1) is 33.7. The van der Waals surface area contributed by atoms with Crippen LogP contribution in [0, 0.1) is 0 Å². The number of ether oxygens (including phenoxy) is 2. The van der Waals surface area contributed by atoms with E-state index in [0.29, 0.717) is 19.4 Å². The molecule has 0 radical (unpaired) electrons. The maximum absolute atomic E-state index is 12.7. The van der Waals surface area contributed by atoms with E-state index in [1.807, 2.05) is 6.08 Å². The van der Waals surface area contributed by atoms with E-state index < -0.39 is 45.1 Å². The summed E-state index contributed by atoms with van der Waals surface area (Å²) in [7, 11) is -4.66. The third kappa shape index (κ3) is 51.5. The molecule has 0 rings (SSSR count). The van der Waals surface area contributed by atoms with Crippen LogP contribution in [0.5, 0.6) is 0 Å². The number of nitrogens with two attached hydrogens (primary N) is 1. The Kier molecular flexibility index (Phi) is 48.6. The van der Waals surface area contributed by atoms with Crippen LogP contribution in [-0.4, -0.2) is 60.5 Å². The quantitative estimate of drug-likeness (QED) is 0.0232. The van der Waals surface area contributed by atoms with E-state index in [-0.39, 0.29) is 13.0 Å². The second kappa shape index (κ2) is 51.7. The van der Waals surface area contributed by atoms with Crippen LogP contribution in [0.2, 0.25) is 0 Å². The number of phosphoric acid groups is 1. The number of hydrogen-bond donors (Lipinski definition) is 3. The van der Waals surface area contributed by atoms with Gasteiger partial charge in [0.25, 0.3) is 0 Å². The number of carbonyl (C=O) groups is 2. The molecular weight excluding hydrogens is 886 g/mol. The smallest absolute Gasteiger partial charge is 0.472 e. The second-order valence-corrected chi connectivity index (χ2v) is 18.0. The van der Waals surface area contributed by atoms with Crippen LogP contribution in [0.15, 0.2) is 146 Å². The molecule has 0 aromatic rings. The zero-order chi connectivity index (χ0) is 50.4. The minimum absolute atomic E-state index is 0.0237. The Morgan fingerprint density at radius 3 is 1.19 bits per heavy atom. The summed E-state index contributed by atoms with van der Waals surface area (Å²) in [6, 6.07) is -1.49. The van der Waals surface area contributed by atoms with Crippen LogP contribution < -0.4 is 5.73 Å². The molecule has 0 fully saturated rings. The molecule has 0 aromatic heterocycles. The maximum Gasteiger partial charge on any atom is 0.472 e. The molecule has 0 aliphatic carbocycles.